The molecule has 80 valence electrons. The number of methoxy groups -OCH3 is 1. The average molecular weight is 228 g/mol. The Labute approximate surface area is 91.9 Å². The van der Waals surface area contributed by atoms with Crippen LogP contribution in [0.15, 0.2) is 17.2 Å². The number of azide groups is 1. The number of benzene rings is 1. The zero-order valence-corrected chi connectivity index (χ0v) is 8.90. The molecule has 0 aliphatic heterocycles. The van der Waals surface area contributed by atoms with Crippen molar-refractivity contribution in [2.24, 2.45) is 5.11 Å². The zero-order valence-electron chi connectivity index (χ0n) is 8.14. The fraction of sp³-hybridized carbons (Fsp3) is 0.333. The number of rotatable bonds is 4. The van der Waals surface area contributed by atoms with Crippen LogP contribution < -0.4 is 4.74 Å². The molecular formula is C9H10ClN3O2. The van der Waals surface area contributed by atoms with Crippen LogP contribution in [0.5, 0.6) is 11.5 Å². The second-order valence-corrected chi connectivity index (χ2v) is 3.26. The Morgan fingerprint density at radius 1 is 1.60 bits per heavy atom. The first-order valence-corrected chi connectivity index (χ1v) is 4.63. The molecule has 0 fully saturated rings. The minimum Gasteiger partial charge on any atom is -0.504 e. The highest BCUT2D eigenvalue weighted by Gasteiger charge is 2.09. The summed E-state index contributed by atoms with van der Waals surface area (Å²) in [5, 5.41) is 13.5. The molecule has 0 aliphatic carbocycles. The smallest absolute Gasteiger partial charge is 0.162 e. The fourth-order valence-corrected chi connectivity index (χ4v) is 1.42. The number of nitrogens with zero attached hydrogens (tertiary/aromatic N) is 3. The number of ether oxygens (including phenoxy) is 1. The molecular weight excluding hydrogens is 218 g/mol. The number of hydrogen-bond acceptors (Lipinski definition) is 3. The molecule has 1 aromatic rings. The summed E-state index contributed by atoms with van der Waals surface area (Å²) in [6.45, 7) is 0.271. The van der Waals surface area contributed by atoms with Gasteiger partial charge in [0.25, 0.3) is 0 Å². The summed E-state index contributed by atoms with van der Waals surface area (Å²) in [6, 6.07) is 3.14. The Morgan fingerprint density at radius 2 is 2.33 bits per heavy atom. The highest BCUT2D eigenvalue weighted by molar-refractivity contribution is 6.30. The first-order valence-electron chi connectivity index (χ1n) is 4.25. The van der Waals surface area contributed by atoms with Crippen molar-refractivity contribution in [3.05, 3.63) is 33.2 Å². The van der Waals surface area contributed by atoms with Crippen molar-refractivity contribution in [2.45, 2.75) is 6.42 Å². The SMILES string of the molecule is COc1cc(Cl)cc(CCN=[N+]=[N-])c1O. The van der Waals surface area contributed by atoms with Crippen LogP contribution in [0.2, 0.25) is 5.02 Å². The van der Waals surface area contributed by atoms with E-state index in [1.165, 1.54) is 13.2 Å². The molecule has 1 aromatic carbocycles. The number of phenols is 1. The Balaban J connectivity index is 2.95. The standard InChI is InChI=1S/C9H10ClN3O2/c1-15-8-5-7(10)4-6(9(8)14)2-3-12-13-11/h4-5,14H,2-3H2,1H3. The molecule has 0 unspecified atom stereocenters. The second-order valence-electron chi connectivity index (χ2n) is 2.82. The van der Waals surface area contributed by atoms with Crippen LogP contribution in [0.1, 0.15) is 5.56 Å². The van der Waals surface area contributed by atoms with Crippen LogP contribution in [0, 0.1) is 0 Å². The monoisotopic (exact) mass is 227 g/mol. The summed E-state index contributed by atoms with van der Waals surface area (Å²) in [6.07, 6.45) is 0.423. The molecule has 6 heteroatoms. The van der Waals surface area contributed by atoms with Gasteiger partial charge in [-0.3, -0.25) is 0 Å². The third-order valence-corrected chi connectivity index (χ3v) is 2.10. The van der Waals surface area contributed by atoms with Crippen molar-refractivity contribution in [1.29, 1.82) is 0 Å². The lowest BCUT2D eigenvalue weighted by Gasteiger charge is -2.08. The summed E-state index contributed by atoms with van der Waals surface area (Å²) in [5.74, 6) is 0.355. The van der Waals surface area contributed by atoms with E-state index in [1.54, 1.807) is 6.07 Å². The molecule has 0 radical (unpaired) electrons. The summed E-state index contributed by atoms with van der Waals surface area (Å²) in [7, 11) is 1.45. The molecule has 15 heavy (non-hydrogen) atoms. The summed E-state index contributed by atoms with van der Waals surface area (Å²) in [5.41, 5.74) is 8.72. The molecule has 5 nitrogen and oxygen atoms in total. The minimum atomic E-state index is 0.0371. The molecule has 1 rings (SSSR count). The van der Waals surface area contributed by atoms with Crippen molar-refractivity contribution < 1.29 is 9.84 Å². The van der Waals surface area contributed by atoms with Crippen LogP contribution in [0.4, 0.5) is 0 Å². The van der Waals surface area contributed by atoms with E-state index in [0.29, 0.717) is 22.8 Å². The summed E-state index contributed by atoms with van der Waals surface area (Å²) >= 11 is 5.82. The van der Waals surface area contributed by atoms with Gasteiger partial charge in [-0.25, -0.2) is 0 Å². The third kappa shape index (κ3) is 2.94. The molecule has 0 spiro atoms. The van der Waals surface area contributed by atoms with Crippen LogP contribution in [0.3, 0.4) is 0 Å². The summed E-state index contributed by atoms with van der Waals surface area (Å²) in [4.78, 5) is 2.62. The molecule has 0 aliphatic rings. The maximum absolute atomic E-state index is 9.69. The molecule has 0 saturated heterocycles. The van der Waals surface area contributed by atoms with E-state index < -0.39 is 0 Å². The topological polar surface area (TPSA) is 78.2 Å². The lowest BCUT2D eigenvalue weighted by Crippen LogP contribution is -1.92. The van der Waals surface area contributed by atoms with E-state index in [1.807, 2.05) is 0 Å². The Hall–Kier alpha value is -1.58. The molecule has 0 saturated carbocycles. The van der Waals surface area contributed by atoms with Gasteiger partial charge in [0.1, 0.15) is 0 Å². The molecule has 0 heterocycles. The third-order valence-electron chi connectivity index (χ3n) is 1.88. The Morgan fingerprint density at radius 3 is 2.93 bits per heavy atom. The van der Waals surface area contributed by atoms with Crippen molar-refractivity contribution in [2.75, 3.05) is 13.7 Å². The maximum atomic E-state index is 9.69. The number of halogens is 1. The van der Waals surface area contributed by atoms with Crippen LogP contribution in [-0.2, 0) is 6.42 Å². The van der Waals surface area contributed by atoms with E-state index in [0.717, 1.165) is 0 Å². The lowest BCUT2D eigenvalue weighted by atomic mass is 10.1. The number of hydrogen-bond donors (Lipinski definition) is 1. The van der Waals surface area contributed by atoms with Gasteiger partial charge in [-0.2, -0.15) is 0 Å². The lowest BCUT2D eigenvalue weighted by molar-refractivity contribution is 0.370. The van der Waals surface area contributed by atoms with Gasteiger partial charge < -0.3 is 9.84 Å². The van der Waals surface area contributed by atoms with Crippen LogP contribution in [0.25, 0.3) is 10.4 Å². The van der Waals surface area contributed by atoms with Gasteiger partial charge in [-0.1, -0.05) is 16.7 Å². The van der Waals surface area contributed by atoms with E-state index >= 15 is 0 Å². The zero-order chi connectivity index (χ0) is 11.3. The minimum absolute atomic E-state index is 0.0371. The predicted molar refractivity (Wildman–Crippen MR) is 57.4 cm³/mol. The van der Waals surface area contributed by atoms with E-state index in [9.17, 15) is 5.11 Å². The van der Waals surface area contributed by atoms with Crippen molar-refractivity contribution in [1.82, 2.24) is 0 Å². The van der Waals surface area contributed by atoms with Crippen molar-refractivity contribution in [3.63, 3.8) is 0 Å². The number of aromatic hydroxyl groups is 1. The van der Waals surface area contributed by atoms with Gasteiger partial charge in [-0.05, 0) is 23.6 Å². The van der Waals surface area contributed by atoms with E-state index in [4.69, 9.17) is 21.9 Å². The Kier molecular flexibility index (Phi) is 4.09. The van der Waals surface area contributed by atoms with Gasteiger partial charge in [0.2, 0.25) is 0 Å². The first kappa shape index (κ1) is 11.5. The van der Waals surface area contributed by atoms with Gasteiger partial charge in [0.15, 0.2) is 11.5 Å². The van der Waals surface area contributed by atoms with Crippen molar-refractivity contribution in [3.8, 4) is 11.5 Å². The van der Waals surface area contributed by atoms with Gasteiger partial charge in [-0.15, -0.1) is 0 Å². The normalized spacial score (nSPS) is 9.47. The van der Waals surface area contributed by atoms with Crippen LogP contribution in [-0.4, -0.2) is 18.8 Å². The average Bonchev–Trinajstić information content (AvgIpc) is 2.23. The highest BCUT2D eigenvalue weighted by Crippen LogP contribution is 2.33. The number of phenolic OH excluding ortho intramolecular Hbond substituents is 1. The quantitative estimate of drug-likeness (QED) is 0.488. The molecule has 0 amide bonds. The largest absolute Gasteiger partial charge is 0.504 e. The molecule has 0 aromatic heterocycles. The van der Waals surface area contributed by atoms with E-state index in [2.05, 4.69) is 10.0 Å². The van der Waals surface area contributed by atoms with Gasteiger partial charge >= 0.3 is 0 Å². The molecule has 0 atom stereocenters. The summed E-state index contributed by atoms with van der Waals surface area (Å²) < 4.78 is 4.93. The second kappa shape index (κ2) is 5.34. The Bertz CT molecular complexity index is 403. The van der Waals surface area contributed by atoms with Crippen LogP contribution >= 0.6 is 11.6 Å². The van der Waals surface area contributed by atoms with Gasteiger partial charge in [0, 0.05) is 22.5 Å². The van der Waals surface area contributed by atoms with Gasteiger partial charge in [0.05, 0.1) is 7.11 Å². The van der Waals surface area contributed by atoms with Crippen molar-refractivity contribution >= 4 is 11.6 Å². The predicted octanol–water partition coefficient (Wildman–Crippen LogP) is 2.91. The molecule has 0 bridgehead atoms. The maximum Gasteiger partial charge on any atom is 0.162 e. The van der Waals surface area contributed by atoms with E-state index in [-0.39, 0.29) is 12.3 Å². The molecule has 1 N–H and O–H groups in total. The first-order chi connectivity index (χ1) is 7.19. The fourth-order valence-electron chi connectivity index (χ4n) is 1.19. The highest BCUT2D eigenvalue weighted by atomic mass is 35.5.